The number of aromatic nitrogens is 3. The molecule has 0 aliphatic carbocycles. The number of nitrogens with zero attached hydrogens (tertiary/aromatic N) is 3. The lowest BCUT2D eigenvalue weighted by molar-refractivity contribution is 1.19. The third-order valence-corrected chi connectivity index (χ3v) is 3.76. The van der Waals surface area contributed by atoms with Gasteiger partial charge in [0.2, 0.25) is 5.28 Å². The quantitative estimate of drug-likeness (QED) is 0.722. The van der Waals surface area contributed by atoms with Crippen LogP contribution >= 0.6 is 22.9 Å². The van der Waals surface area contributed by atoms with Crippen LogP contribution in [-0.4, -0.2) is 15.0 Å². The zero-order valence-electron chi connectivity index (χ0n) is 10.4. The third-order valence-electron chi connectivity index (χ3n) is 2.65. The van der Waals surface area contributed by atoms with Gasteiger partial charge in [-0.05, 0) is 43.6 Å². The Labute approximate surface area is 119 Å². The molecule has 6 heteroatoms. The Bertz CT molecular complexity index is 753. The van der Waals surface area contributed by atoms with Gasteiger partial charge < -0.3 is 5.32 Å². The Morgan fingerprint density at radius 1 is 1.21 bits per heavy atom. The molecule has 3 aromatic rings. The highest BCUT2D eigenvalue weighted by Crippen LogP contribution is 2.31. The van der Waals surface area contributed by atoms with Gasteiger partial charge in [0.15, 0.2) is 0 Å². The maximum Gasteiger partial charge on any atom is 0.225 e. The van der Waals surface area contributed by atoms with Gasteiger partial charge in [0, 0.05) is 22.5 Å². The Hall–Kier alpha value is -1.72. The maximum atomic E-state index is 5.96. The minimum Gasteiger partial charge on any atom is -0.339 e. The van der Waals surface area contributed by atoms with E-state index in [2.05, 4.69) is 26.3 Å². The summed E-state index contributed by atoms with van der Waals surface area (Å²) in [6.07, 6.45) is 1.76. The fraction of sp³-hybridized carbons (Fsp3) is 0.154. The van der Waals surface area contributed by atoms with E-state index in [1.165, 1.54) is 4.88 Å². The number of pyridine rings is 1. The monoisotopic (exact) mass is 290 g/mol. The molecule has 96 valence electrons. The van der Waals surface area contributed by atoms with E-state index in [4.69, 9.17) is 11.6 Å². The van der Waals surface area contributed by atoms with Crippen molar-refractivity contribution >= 4 is 44.7 Å². The molecule has 0 amide bonds. The van der Waals surface area contributed by atoms with Crippen LogP contribution < -0.4 is 5.32 Å². The minimum absolute atomic E-state index is 0.252. The minimum atomic E-state index is 0.252. The number of halogens is 1. The Morgan fingerprint density at radius 2 is 2.05 bits per heavy atom. The molecular formula is C13H11ClN4S. The zero-order valence-corrected chi connectivity index (χ0v) is 12.0. The third kappa shape index (κ3) is 2.52. The van der Waals surface area contributed by atoms with Gasteiger partial charge in [-0.2, -0.15) is 4.98 Å². The molecule has 3 heterocycles. The molecule has 0 spiro atoms. The summed E-state index contributed by atoms with van der Waals surface area (Å²) in [5.74, 6) is 0.727. The first-order chi connectivity index (χ1) is 9.11. The zero-order chi connectivity index (χ0) is 13.4. The highest BCUT2D eigenvalue weighted by atomic mass is 35.5. The number of fused-ring (bicyclic) bond motifs is 1. The molecule has 3 aromatic heterocycles. The van der Waals surface area contributed by atoms with Crippen molar-refractivity contribution in [2.75, 3.05) is 5.32 Å². The van der Waals surface area contributed by atoms with Gasteiger partial charge in [0.25, 0.3) is 0 Å². The number of nitrogens with one attached hydrogen (secondary N) is 1. The number of hydrogen-bond donors (Lipinski definition) is 1. The van der Waals surface area contributed by atoms with Crippen LogP contribution in [0.5, 0.6) is 0 Å². The second-order valence-corrected chi connectivity index (χ2v) is 5.80. The number of aryl methyl sites for hydroxylation is 2. The Kier molecular flexibility index (Phi) is 3.08. The fourth-order valence-electron chi connectivity index (χ4n) is 1.87. The normalized spacial score (nSPS) is 10.9. The van der Waals surface area contributed by atoms with Gasteiger partial charge in [0.05, 0.1) is 5.39 Å². The molecule has 4 nitrogen and oxygen atoms in total. The lowest BCUT2D eigenvalue weighted by Gasteiger charge is -2.07. The first kappa shape index (κ1) is 12.3. The molecule has 0 aliphatic heterocycles. The summed E-state index contributed by atoms with van der Waals surface area (Å²) in [4.78, 5) is 14.7. The topological polar surface area (TPSA) is 50.7 Å². The van der Waals surface area contributed by atoms with Crippen LogP contribution in [0.2, 0.25) is 5.28 Å². The van der Waals surface area contributed by atoms with Crippen LogP contribution in [0.1, 0.15) is 10.6 Å². The predicted octanol–water partition coefficient (Wildman–Crippen LogP) is 4.10. The molecular weight excluding hydrogens is 280 g/mol. The molecule has 0 aliphatic rings. The van der Waals surface area contributed by atoms with Crippen LogP contribution in [0.4, 0.5) is 11.5 Å². The second-order valence-electron chi connectivity index (χ2n) is 4.23. The van der Waals surface area contributed by atoms with Crippen molar-refractivity contribution in [3.8, 4) is 0 Å². The maximum absolute atomic E-state index is 5.96. The van der Waals surface area contributed by atoms with Gasteiger partial charge >= 0.3 is 0 Å². The van der Waals surface area contributed by atoms with E-state index in [0.717, 1.165) is 27.4 Å². The standard InChI is InChI=1S/C13H11ClN4S/c1-7-5-9(3-4-15-7)16-11-10-6-8(2)19-12(10)18-13(14)17-11/h3-6H,1-2H3,(H,15,16,17,18). The van der Waals surface area contributed by atoms with E-state index >= 15 is 0 Å². The summed E-state index contributed by atoms with van der Waals surface area (Å²) in [7, 11) is 0. The Balaban J connectivity index is 2.09. The van der Waals surface area contributed by atoms with Crippen LogP contribution in [-0.2, 0) is 0 Å². The first-order valence-electron chi connectivity index (χ1n) is 5.75. The largest absolute Gasteiger partial charge is 0.339 e. The molecule has 0 unspecified atom stereocenters. The smallest absolute Gasteiger partial charge is 0.225 e. The summed E-state index contributed by atoms with van der Waals surface area (Å²) in [6.45, 7) is 3.99. The molecule has 0 bridgehead atoms. The second kappa shape index (κ2) is 4.75. The van der Waals surface area contributed by atoms with Crippen LogP contribution in [0.15, 0.2) is 24.4 Å². The Morgan fingerprint density at radius 3 is 2.84 bits per heavy atom. The molecule has 19 heavy (non-hydrogen) atoms. The molecule has 0 saturated heterocycles. The summed E-state index contributed by atoms with van der Waals surface area (Å²) in [6, 6.07) is 5.92. The first-order valence-corrected chi connectivity index (χ1v) is 6.94. The van der Waals surface area contributed by atoms with Gasteiger partial charge in [-0.25, -0.2) is 4.98 Å². The molecule has 0 radical (unpaired) electrons. The molecule has 0 saturated carbocycles. The van der Waals surface area contributed by atoms with Gasteiger partial charge in [0.1, 0.15) is 10.6 Å². The van der Waals surface area contributed by atoms with Crippen LogP contribution in [0, 0.1) is 13.8 Å². The summed E-state index contributed by atoms with van der Waals surface area (Å²) < 4.78 is 0. The van der Waals surface area contributed by atoms with E-state index in [1.807, 2.05) is 26.0 Å². The molecule has 1 N–H and O–H groups in total. The van der Waals surface area contributed by atoms with Crippen molar-refractivity contribution < 1.29 is 0 Å². The number of rotatable bonds is 2. The van der Waals surface area contributed by atoms with E-state index in [9.17, 15) is 0 Å². The predicted molar refractivity (Wildman–Crippen MR) is 79.4 cm³/mol. The van der Waals surface area contributed by atoms with E-state index in [0.29, 0.717) is 0 Å². The molecule has 0 atom stereocenters. The van der Waals surface area contributed by atoms with Crippen LogP contribution in [0.25, 0.3) is 10.2 Å². The van der Waals surface area contributed by atoms with Crippen molar-refractivity contribution in [2.24, 2.45) is 0 Å². The van der Waals surface area contributed by atoms with Gasteiger partial charge in [-0.1, -0.05) is 0 Å². The number of anilines is 2. The van der Waals surface area contributed by atoms with E-state index in [-0.39, 0.29) is 5.28 Å². The molecule has 0 fully saturated rings. The van der Waals surface area contributed by atoms with Crippen molar-refractivity contribution in [2.45, 2.75) is 13.8 Å². The number of thiophene rings is 1. The van der Waals surface area contributed by atoms with Crippen molar-refractivity contribution in [3.05, 3.63) is 40.3 Å². The lowest BCUT2D eigenvalue weighted by Crippen LogP contribution is -1.96. The van der Waals surface area contributed by atoms with Crippen LogP contribution in [0.3, 0.4) is 0 Å². The average Bonchev–Trinajstić information content (AvgIpc) is 2.69. The molecule has 0 aromatic carbocycles. The van der Waals surface area contributed by atoms with Crippen molar-refractivity contribution in [3.63, 3.8) is 0 Å². The molecule has 3 rings (SSSR count). The van der Waals surface area contributed by atoms with Crippen molar-refractivity contribution in [1.82, 2.24) is 15.0 Å². The van der Waals surface area contributed by atoms with E-state index < -0.39 is 0 Å². The van der Waals surface area contributed by atoms with Gasteiger partial charge in [-0.15, -0.1) is 11.3 Å². The average molecular weight is 291 g/mol. The SMILES string of the molecule is Cc1cc(Nc2nc(Cl)nc3sc(C)cc23)ccn1. The summed E-state index contributed by atoms with van der Waals surface area (Å²) >= 11 is 7.57. The highest BCUT2D eigenvalue weighted by molar-refractivity contribution is 7.18. The summed E-state index contributed by atoms with van der Waals surface area (Å²) in [5.41, 5.74) is 1.88. The lowest BCUT2D eigenvalue weighted by atomic mass is 10.3. The highest BCUT2D eigenvalue weighted by Gasteiger charge is 2.10. The van der Waals surface area contributed by atoms with Gasteiger partial charge in [-0.3, -0.25) is 4.98 Å². The summed E-state index contributed by atoms with van der Waals surface area (Å²) in [5, 5.41) is 4.51. The number of hydrogen-bond acceptors (Lipinski definition) is 5. The van der Waals surface area contributed by atoms with E-state index in [1.54, 1.807) is 17.5 Å². The van der Waals surface area contributed by atoms with Crippen molar-refractivity contribution in [1.29, 1.82) is 0 Å². The fourth-order valence-corrected chi connectivity index (χ4v) is 2.97.